The fourth-order valence-corrected chi connectivity index (χ4v) is 2.32. The zero-order valence-electron chi connectivity index (χ0n) is 11.7. The molecule has 1 aromatic carbocycles. The summed E-state index contributed by atoms with van der Waals surface area (Å²) in [6.45, 7) is 6.58. The smallest absolute Gasteiger partial charge is 0.254 e. The quantitative estimate of drug-likeness (QED) is 0.769. The summed E-state index contributed by atoms with van der Waals surface area (Å²) in [6.07, 6.45) is 0. The third-order valence-electron chi connectivity index (χ3n) is 3.84. The predicted octanol–water partition coefficient (Wildman–Crippen LogP) is 1.72. The lowest BCUT2D eigenvalue weighted by Crippen LogP contribution is -2.58. The molecule has 100 valence electrons. The maximum atomic E-state index is 12.5. The Morgan fingerprint density at radius 1 is 1.37 bits per heavy atom. The Balaban J connectivity index is 2.18. The van der Waals surface area contributed by atoms with Gasteiger partial charge in [0.15, 0.2) is 0 Å². The highest BCUT2D eigenvalue weighted by Gasteiger charge is 2.33. The van der Waals surface area contributed by atoms with Gasteiger partial charge in [0.25, 0.3) is 5.91 Å². The largest absolute Gasteiger partial charge is 0.336 e. The van der Waals surface area contributed by atoms with Crippen LogP contribution in [0, 0.1) is 11.3 Å². The highest BCUT2D eigenvalue weighted by Crippen LogP contribution is 2.20. The fraction of sp³-hybridized carbons (Fsp3) is 0.467. The van der Waals surface area contributed by atoms with Crippen molar-refractivity contribution in [1.29, 1.82) is 5.26 Å². The number of likely N-dealkylation sites (N-methyl/N-ethyl adjacent to an activating group) is 1. The van der Waals surface area contributed by atoms with Crippen LogP contribution >= 0.6 is 0 Å². The van der Waals surface area contributed by atoms with Gasteiger partial charge in [-0.25, -0.2) is 0 Å². The van der Waals surface area contributed by atoms with Crippen LogP contribution in [0.3, 0.4) is 0 Å². The van der Waals surface area contributed by atoms with Crippen LogP contribution < -0.4 is 0 Å². The lowest BCUT2D eigenvalue weighted by Gasteiger charge is -2.45. The van der Waals surface area contributed by atoms with Crippen molar-refractivity contribution in [1.82, 2.24) is 9.80 Å². The Bertz CT molecular complexity index is 530. The molecule has 0 spiro atoms. The maximum Gasteiger partial charge on any atom is 0.254 e. The second-order valence-electron chi connectivity index (χ2n) is 5.65. The highest BCUT2D eigenvalue weighted by atomic mass is 16.2. The Hall–Kier alpha value is -1.86. The third kappa shape index (κ3) is 2.77. The monoisotopic (exact) mass is 257 g/mol. The van der Waals surface area contributed by atoms with Crippen molar-refractivity contribution in [3.8, 4) is 6.07 Å². The van der Waals surface area contributed by atoms with Crippen LogP contribution in [0.4, 0.5) is 0 Å². The van der Waals surface area contributed by atoms with E-state index in [2.05, 4.69) is 31.9 Å². The van der Waals surface area contributed by atoms with Crippen LogP contribution in [-0.4, -0.2) is 47.9 Å². The standard InChI is InChI=1S/C15H19N3O/c1-15(2)11-18(8-7-17(15)3)14(19)13-6-4-5-12(9-13)10-16/h4-6,9H,7-8,11H2,1-3H3. The number of carbonyl (C=O) groups excluding carboxylic acids is 1. The molecule has 1 heterocycles. The molecule has 2 rings (SSSR count). The van der Waals surface area contributed by atoms with E-state index in [1.807, 2.05) is 4.90 Å². The molecule has 0 radical (unpaired) electrons. The molecule has 1 saturated heterocycles. The van der Waals surface area contributed by atoms with Gasteiger partial charge in [-0.05, 0) is 39.1 Å². The molecule has 0 aliphatic carbocycles. The van der Waals surface area contributed by atoms with Crippen molar-refractivity contribution in [2.45, 2.75) is 19.4 Å². The topological polar surface area (TPSA) is 47.3 Å². The van der Waals surface area contributed by atoms with E-state index in [4.69, 9.17) is 5.26 Å². The molecular formula is C15H19N3O. The Morgan fingerprint density at radius 3 is 2.74 bits per heavy atom. The molecule has 1 aliphatic rings. The van der Waals surface area contributed by atoms with Crippen molar-refractivity contribution in [3.63, 3.8) is 0 Å². The minimum atomic E-state index is -0.0131. The number of amides is 1. The number of rotatable bonds is 1. The van der Waals surface area contributed by atoms with Crippen molar-refractivity contribution < 1.29 is 4.79 Å². The van der Waals surface area contributed by atoms with E-state index in [9.17, 15) is 4.79 Å². The van der Waals surface area contributed by atoms with E-state index >= 15 is 0 Å². The molecule has 1 aromatic rings. The first-order valence-electron chi connectivity index (χ1n) is 6.45. The van der Waals surface area contributed by atoms with Crippen molar-refractivity contribution in [3.05, 3.63) is 35.4 Å². The highest BCUT2D eigenvalue weighted by molar-refractivity contribution is 5.94. The molecule has 4 nitrogen and oxygen atoms in total. The van der Waals surface area contributed by atoms with Crippen LogP contribution in [0.25, 0.3) is 0 Å². The summed E-state index contributed by atoms with van der Waals surface area (Å²) in [5.41, 5.74) is 1.11. The first-order valence-corrected chi connectivity index (χ1v) is 6.45. The van der Waals surface area contributed by atoms with Gasteiger partial charge in [-0.1, -0.05) is 6.07 Å². The number of piperazine rings is 1. The number of nitriles is 1. The Labute approximate surface area is 114 Å². The van der Waals surface area contributed by atoms with Crippen molar-refractivity contribution >= 4 is 5.91 Å². The molecule has 0 unspecified atom stereocenters. The van der Waals surface area contributed by atoms with Gasteiger partial charge in [0.05, 0.1) is 11.6 Å². The number of carbonyl (C=O) groups is 1. The minimum Gasteiger partial charge on any atom is -0.336 e. The van der Waals surface area contributed by atoms with Gasteiger partial charge in [0.2, 0.25) is 0 Å². The van der Waals surface area contributed by atoms with E-state index in [-0.39, 0.29) is 11.4 Å². The molecule has 1 amide bonds. The van der Waals surface area contributed by atoms with E-state index < -0.39 is 0 Å². The molecular weight excluding hydrogens is 238 g/mol. The minimum absolute atomic E-state index is 0.0123. The lowest BCUT2D eigenvalue weighted by atomic mass is 9.99. The molecule has 1 aliphatic heterocycles. The second-order valence-corrected chi connectivity index (χ2v) is 5.65. The lowest BCUT2D eigenvalue weighted by molar-refractivity contribution is 0.0311. The first kappa shape index (κ1) is 13.6. The summed E-state index contributed by atoms with van der Waals surface area (Å²) in [7, 11) is 2.08. The summed E-state index contributed by atoms with van der Waals surface area (Å²) >= 11 is 0. The maximum absolute atomic E-state index is 12.5. The number of hydrogen-bond acceptors (Lipinski definition) is 3. The summed E-state index contributed by atoms with van der Waals surface area (Å²) in [5.74, 6) is 0.0123. The summed E-state index contributed by atoms with van der Waals surface area (Å²) in [4.78, 5) is 16.6. The summed E-state index contributed by atoms with van der Waals surface area (Å²) in [5, 5.41) is 8.89. The van der Waals surface area contributed by atoms with E-state index in [0.717, 1.165) is 13.1 Å². The Kier molecular flexibility index (Phi) is 3.59. The summed E-state index contributed by atoms with van der Waals surface area (Å²) < 4.78 is 0. The average molecular weight is 257 g/mol. The Morgan fingerprint density at radius 2 is 2.11 bits per heavy atom. The molecule has 4 heteroatoms. The van der Waals surface area contributed by atoms with Crippen molar-refractivity contribution in [2.75, 3.05) is 26.7 Å². The van der Waals surface area contributed by atoms with Gasteiger partial charge in [-0.2, -0.15) is 5.26 Å². The van der Waals surface area contributed by atoms with Crippen LogP contribution in [0.5, 0.6) is 0 Å². The molecule has 0 aromatic heterocycles. The predicted molar refractivity (Wildman–Crippen MR) is 73.8 cm³/mol. The van der Waals surface area contributed by atoms with E-state index in [1.54, 1.807) is 24.3 Å². The number of hydrogen-bond donors (Lipinski definition) is 0. The van der Waals surface area contributed by atoms with Gasteiger partial charge in [-0.3, -0.25) is 9.69 Å². The van der Waals surface area contributed by atoms with Crippen LogP contribution in [0.2, 0.25) is 0 Å². The van der Waals surface area contributed by atoms with Gasteiger partial charge in [-0.15, -0.1) is 0 Å². The zero-order valence-corrected chi connectivity index (χ0v) is 11.7. The molecule has 1 fully saturated rings. The van der Waals surface area contributed by atoms with Crippen LogP contribution in [0.1, 0.15) is 29.8 Å². The van der Waals surface area contributed by atoms with Gasteiger partial charge < -0.3 is 4.90 Å². The summed E-state index contributed by atoms with van der Waals surface area (Å²) in [6, 6.07) is 8.97. The van der Waals surface area contributed by atoms with Gasteiger partial charge in [0.1, 0.15) is 0 Å². The second kappa shape index (κ2) is 5.02. The van der Waals surface area contributed by atoms with Crippen LogP contribution in [-0.2, 0) is 0 Å². The normalized spacial score (nSPS) is 18.9. The van der Waals surface area contributed by atoms with Gasteiger partial charge >= 0.3 is 0 Å². The molecule has 0 bridgehead atoms. The molecule has 19 heavy (non-hydrogen) atoms. The fourth-order valence-electron chi connectivity index (χ4n) is 2.32. The molecule has 0 atom stereocenters. The third-order valence-corrected chi connectivity index (χ3v) is 3.84. The average Bonchev–Trinajstić information content (AvgIpc) is 2.41. The SMILES string of the molecule is CN1CCN(C(=O)c2cccc(C#N)c2)CC1(C)C. The zero-order chi connectivity index (χ0) is 14.0. The molecule has 0 saturated carbocycles. The number of benzene rings is 1. The van der Waals surface area contributed by atoms with E-state index in [0.29, 0.717) is 17.7 Å². The van der Waals surface area contributed by atoms with Gasteiger partial charge in [0, 0.05) is 30.7 Å². The van der Waals surface area contributed by atoms with Crippen molar-refractivity contribution in [2.24, 2.45) is 0 Å². The first-order chi connectivity index (χ1) is 8.94. The van der Waals surface area contributed by atoms with Crippen LogP contribution in [0.15, 0.2) is 24.3 Å². The molecule has 0 N–H and O–H groups in total. The van der Waals surface area contributed by atoms with E-state index in [1.165, 1.54) is 0 Å². The number of nitrogens with zero attached hydrogens (tertiary/aromatic N) is 3.